The first-order valence-corrected chi connectivity index (χ1v) is 7.74. The summed E-state index contributed by atoms with van der Waals surface area (Å²) in [4.78, 5) is 0. The second kappa shape index (κ2) is 7.97. The zero-order valence-electron chi connectivity index (χ0n) is 13.8. The molecule has 0 radical (unpaired) electrons. The van der Waals surface area contributed by atoms with Crippen LogP contribution in [0.5, 0.6) is 11.5 Å². The molecule has 23 heavy (non-hydrogen) atoms. The van der Waals surface area contributed by atoms with Gasteiger partial charge in [-0.25, -0.2) is 4.39 Å². The van der Waals surface area contributed by atoms with Crippen molar-refractivity contribution in [3.63, 3.8) is 0 Å². The molecule has 0 amide bonds. The topological polar surface area (TPSA) is 38.7 Å². The van der Waals surface area contributed by atoms with Crippen LogP contribution in [0.2, 0.25) is 0 Å². The molecule has 0 aromatic heterocycles. The summed E-state index contributed by atoms with van der Waals surface area (Å²) >= 11 is 0. The lowest BCUT2D eigenvalue weighted by atomic mass is 9.88. The SMILES string of the molecule is CCC(CC(O)c1ccccc1F)c1cc(OC)cc(OC)c1. The van der Waals surface area contributed by atoms with Crippen LogP contribution in [0.3, 0.4) is 0 Å². The number of rotatable bonds is 7. The molecule has 0 aliphatic carbocycles. The summed E-state index contributed by atoms with van der Waals surface area (Å²) in [5.74, 6) is 1.11. The minimum Gasteiger partial charge on any atom is -0.497 e. The lowest BCUT2D eigenvalue weighted by Gasteiger charge is -2.21. The molecule has 0 aliphatic heterocycles. The number of aliphatic hydroxyl groups is 1. The van der Waals surface area contributed by atoms with Gasteiger partial charge in [0.2, 0.25) is 0 Å². The Morgan fingerprint density at radius 2 is 1.65 bits per heavy atom. The first-order valence-electron chi connectivity index (χ1n) is 7.74. The monoisotopic (exact) mass is 318 g/mol. The van der Waals surface area contributed by atoms with Gasteiger partial charge in [0.25, 0.3) is 0 Å². The third kappa shape index (κ3) is 4.23. The summed E-state index contributed by atoms with van der Waals surface area (Å²) in [6.07, 6.45) is 0.411. The fourth-order valence-corrected chi connectivity index (χ4v) is 2.75. The van der Waals surface area contributed by atoms with Crippen LogP contribution in [0.4, 0.5) is 4.39 Å². The fourth-order valence-electron chi connectivity index (χ4n) is 2.75. The molecular weight excluding hydrogens is 295 g/mol. The van der Waals surface area contributed by atoms with Gasteiger partial charge in [-0.2, -0.15) is 0 Å². The molecule has 3 nitrogen and oxygen atoms in total. The number of hydrogen-bond donors (Lipinski definition) is 1. The average Bonchev–Trinajstić information content (AvgIpc) is 2.59. The van der Waals surface area contributed by atoms with Crippen molar-refractivity contribution in [1.82, 2.24) is 0 Å². The van der Waals surface area contributed by atoms with Crippen LogP contribution >= 0.6 is 0 Å². The number of halogens is 1. The van der Waals surface area contributed by atoms with Crippen LogP contribution in [0.1, 0.15) is 42.9 Å². The highest BCUT2D eigenvalue weighted by molar-refractivity contribution is 5.40. The molecule has 4 heteroatoms. The summed E-state index contributed by atoms with van der Waals surface area (Å²) in [6.45, 7) is 2.05. The first kappa shape index (κ1) is 17.3. The number of aliphatic hydroxyl groups excluding tert-OH is 1. The van der Waals surface area contributed by atoms with E-state index in [-0.39, 0.29) is 11.7 Å². The molecule has 0 aliphatic rings. The smallest absolute Gasteiger partial charge is 0.128 e. The fraction of sp³-hybridized carbons (Fsp3) is 0.368. The van der Waals surface area contributed by atoms with E-state index in [1.807, 2.05) is 25.1 Å². The lowest BCUT2D eigenvalue weighted by Crippen LogP contribution is -2.08. The quantitative estimate of drug-likeness (QED) is 0.819. The predicted molar refractivity (Wildman–Crippen MR) is 88.6 cm³/mol. The highest BCUT2D eigenvalue weighted by atomic mass is 19.1. The Bertz CT molecular complexity index is 620. The minimum atomic E-state index is -0.849. The maximum atomic E-state index is 13.8. The maximum absolute atomic E-state index is 13.8. The summed E-state index contributed by atoms with van der Waals surface area (Å²) in [5.41, 5.74) is 1.35. The van der Waals surface area contributed by atoms with Crippen molar-refractivity contribution in [2.45, 2.75) is 31.8 Å². The molecular formula is C19H23FO3. The second-order valence-electron chi connectivity index (χ2n) is 5.52. The Labute approximate surface area is 136 Å². The van der Waals surface area contributed by atoms with Crippen LogP contribution < -0.4 is 9.47 Å². The van der Waals surface area contributed by atoms with Gasteiger partial charge < -0.3 is 14.6 Å². The third-order valence-corrected chi connectivity index (χ3v) is 4.11. The molecule has 2 aromatic rings. The summed E-state index contributed by atoms with van der Waals surface area (Å²) in [6, 6.07) is 12.0. The molecule has 2 atom stereocenters. The van der Waals surface area contributed by atoms with Crippen molar-refractivity contribution in [3.05, 3.63) is 59.4 Å². The molecule has 0 saturated heterocycles. The zero-order chi connectivity index (χ0) is 16.8. The largest absolute Gasteiger partial charge is 0.497 e. The summed E-state index contributed by atoms with van der Waals surface area (Å²) in [7, 11) is 3.21. The van der Waals surface area contributed by atoms with Crippen molar-refractivity contribution in [2.24, 2.45) is 0 Å². The van der Waals surface area contributed by atoms with E-state index in [2.05, 4.69) is 0 Å². The molecule has 0 bridgehead atoms. The number of hydrogen-bond acceptors (Lipinski definition) is 3. The number of ether oxygens (including phenoxy) is 2. The van der Waals surface area contributed by atoms with E-state index >= 15 is 0 Å². The Hall–Kier alpha value is -2.07. The summed E-state index contributed by atoms with van der Waals surface area (Å²) in [5, 5.41) is 10.4. The van der Waals surface area contributed by atoms with Crippen molar-refractivity contribution in [2.75, 3.05) is 14.2 Å². The highest BCUT2D eigenvalue weighted by Crippen LogP contribution is 2.35. The Morgan fingerprint density at radius 1 is 1.04 bits per heavy atom. The van der Waals surface area contributed by atoms with Crippen molar-refractivity contribution in [3.8, 4) is 11.5 Å². The van der Waals surface area contributed by atoms with Crippen LogP contribution in [-0.4, -0.2) is 19.3 Å². The van der Waals surface area contributed by atoms with Gasteiger partial charge in [-0.1, -0.05) is 25.1 Å². The molecule has 2 unspecified atom stereocenters. The van der Waals surface area contributed by atoms with E-state index in [0.29, 0.717) is 23.5 Å². The van der Waals surface area contributed by atoms with E-state index in [1.165, 1.54) is 6.07 Å². The van der Waals surface area contributed by atoms with Crippen molar-refractivity contribution < 1.29 is 19.0 Å². The molecule has 1 N–H and O–H groups in total. The molecule has 0 fully saturated rings. The van der Waals surface area contributed by atoms with Crippen LogP contribution in [-0.2, 0) is 0 Å². The number of methoxy groups -OCH3 is 2. The van der Waals surface area contributed by atoms with Crippen LogP contribution in [0.25, 0.3) is 0 Å². The molecule has 2 rings (SSSR count). The predicted octanol–water partition coefficient (Wildman–Crippen LogP) is 4.46. The van der Waals surface area contributed by atoms with Gasteiger partial charge >= 0.3 is 0 Å². The molecule has 0 heterocycles. The minimum absolute atomic E-state index is 0.0774. The van der Waals surface area contributed by atoms with Gasteiger partial charge in [-0.3, -0.25) is 0 Å². The van der Waals surface area contributed by atoms with E-state index < -0.39 is 6.10 Å². The zero-order valence-corrected chi connectivity index (χ0v) is 13.8. The lowest BCUT2D eigenvalue weighted by molar-refractivity contribution is 0.152. The van der Waals surface area contributed by atoms with Gasteiger partial charge in [0.1, 0.15) is 17.3 Å². The Balaban J connectivity index is 2.24. The maximum Gasteiger partial charge on any atom is 0.128 e. The second-order valence-corrected chi connectivity index (χ2v) is 5.52. The molecule has 124 valence electrons. The first-order chi connectivity index (χ1) is 11.1. The Morgan fingerprint density at radius 3 is 2.17 bits per heavy atom. The standard InChI is InChI=1S/C19H23FO3/c1-4-13(11-19(21)17-7-5-6-8-18(17)20)14-9-15(22-2)12-16(10-14)23-3/h5-10,12-13,19,21H,4,11H2,1-3H3. The molecule has 0 spiro atoms. The van der Waals surface area contributed by atoms with Gasteiger partial charge in [-0.15, -0.1) is 0 Å². The van der Waals surface area contributed by atoms with E-state index in [9.17, 15) is 9.50 Å². The number of benzene rings is 2. The highest BCUT2D eigenvalue weighted by Gasteiger charge is 2.20. The third-order valence-electron chi connectivity index (χ3n) is 4.11. The van der Waals surface area contributed by atoms with Gasteiger partial charge in [0.15, 0.2) is 0 Å². The van der Waals surface area contributed by atoms with Crippen molar-refractivity contribution in [1.29, 1.82) is 0 Å². The Kier molecular flexibility index (Phi) is 5.99. The molecule has 2 aromatic carbocycles. The normalized spacial score (nSPS) is 13.4. The van der Waals surface area contributed by atoms with Gasteiger partial charge in [0.05, 0.1) is 20.3 Å². The van der Waals surface area contributed by atoms with E-state index in [4.69, 9.17) is 9.47 Å². The van der Waals surface area contributed by atoms with Crippen LogP contribution in [0, 0.1) is 5.82 Å². The summed E-state index contributed by atoms with van der Waals surface area (Å²) < 4.78 is 24.4. The average molecular weight is 318 g/mol. The molecule has 0 saturated carbocycles. The van der Waals surface area contributed by atoms with Gasteiger partial charge in [-0.05, 0) is 42.5 Å². The van der Waals surface area contributed by atoms with Crippen LogP contribution in [0.15, 0.2) is 42.5 Å². The van der Waals surface area contributed by atoms with Crippen molar-refractivity contribution >= 4 is 0 Å². The van der Waals surface area contributed by atoms with E-state index in [0.717, 1.165) is 12.0 Å². The van der Waals surface area contributed by atoms with Gasteiger partial charge in [0, 0.05) is 11.6 Å². The van der Waals surface area contributed by atoms with E-state index in [1.54, 1.807) is 32.4 Å².